The van der Waals surface area contributed by atoms with Crippen LogP contribution in [0.2, 0.25) is 0 Å². The van der Waals surface area contributed by atoms with Crippen molar-refractivity contribution < 1.29 is 19.1 Å². The lowest BCUT2D eigenvalue weighted by molar-refractivity contribution is -0.124. The van der Waals surface area contributed by atoms with E-state index >= 15 is 0 Å². The van der Waals surface area contributed by atoms with Crippen molar-refractivity contribution in [2.75, 3.05) is 0 Å². The molecule has 0 aliphatic heterocycles. The second kappa shape index (κ2) is 6.26. The molecule has 6 nitrogen and oxygen atoms in total. The number of hydrogen-bond donors (Lipinski definition) is 3. The predicted molar refractivity (Wildman–Crippen MR) is 82.7 cm³/mol. The van der Waals surface area contributed by atoms with Crippen molar-refractivity contribution >= 4 is 11.8 Å². The summed E-state index contributed by atoms with van der Waals surface area (Å²) >= 11 is 0. The van der Waals surface area contributed by atoms with Gasteiger partial charge in [0.2, 0.25) is 5.91 Å². The monoisotopic (exact) mass is 314 g/mol. The number of rotatable bonds is 4. The van der Waals surface area contributed by atoms with E-state index in [1.165, 1.54) is 18.6 Å². The highest BCUT2D eigenvalue weighted by Crippen LogP contribution is 2.31. The smallest absolute Gasteiger partial charge is 0.255 e. The Labute approximate surface area is 133 Å². The molecule has 2 amide bonds. The Morgan fingerprint density at radius 2 is 2.09 bits per heavy atom. The van der Waals surface area contributed by atoms with Crippen molar-refractivity contribution in [3.05, 3.63) is 59.5 Å². The molecule has 3 N–H and O–H groups in total. The third kappa shape index (κ3) is 3.12. The van der Waals surface area contributed by atoms with Crippen LogP contribution in [0.1, 0.15) is 34.5 Å². The Hall–Kier alpha value is -2.60. The zero-order valence-corrected chi connectivity index (χ0v) is 12.7. The van der Waals surface area contributed by atoms with E-state index in [4.69, 9.17) is 4.42 Å². The molecule has 0 saturated carbocycles. The molecule has 23 heavy (non-hydrogen) atoms. The highest BCUT2D eigenvalue weighted by atomic mass is 16.3. The summed E-state index contributed by atoms with van der Waals surface area (Å²) < 4.78 is 4.84. The fourth-order valence-corrected chi connectivity index (χ4v) is 2.77. The van der Waals surface area contributed by atoms with Crippen molar-refractivity contribution in [1.29, 1.82) is 0 Å². The normalized spacial score (nSPS) is 20.6. The molecule has 0 fully saturated rings. The van der Waals surface area contributed by atoms with E-state index in [2.05, 4.69) is 10.6 Å². The second-order valence-electron chi connectivity index (χ2n) is 5.66. The number of amides is 2. The first-order chi connectivity index (χ1) is 11.1. The maximum Gasteiger partial charge on any atom is 0.255 e. The Bertz CT molecular complexity index is 711. The van der Waals surface area contributed by atoms with Gasteiger partial charge in [0.05, 0.1) is 24.0 Å². The lowest BCUT2D eigenvalue weighted by Crippen LogP contribution is -2.47. The van der Waals surface area contributed by atoms with Gasteiger partial charge in [-0.25, -0.2) is 0 Å². The minimum atomic E-state index is -0.725. The summed E-state index contributed by atoms with van der Waals surface area (Å²) in [5, 5.41) is 15.6. The number of aliphatic hydroxyl groups is 1. The van der Waals surface area contributed by atoms with E-state index in [0.29, 0.717) is 12.0 Å². The minimum Gasteiger partial charge on any atom is -0.472 e. The van der Waals surface area contributed by atoms with Crippen molar-refractivity contribution in [2.24, 2.45) is 0 Å². The predicted octanol–water partition coefficient (Wildman–Crippen LogP) is 1.17. The average Bonchev–Trinajstić information content (AvgIpc) is 3.16. The molecule has 0 bridgehead atoms. The molecule has 1 aromatic heterocycles. The van der Waals surface area contributed by atoms with E-state index in [9.17, 15) is 14.7 Å². The van der Waals surface area contributed by atoms with Crippen LogP contribution in [0.5, 0.6) is 0 Å². The number of fused-ring (bicyclic) bond motifs is 1. The van der Waals surface area contributed by atoms with Gasteiger partial charge in [0.15, 0.2) is 0 Å². The summed E-state index contributed by atoms with van der Waals surface area (Å²) in [6.07, 6.45) is 2.56. The molecular weight excluding hydrogens is 296 g/mol. The summed E-state index contributed by atoms with van der Waals surface area (Å²) in [5.41, 5.74) is 2.30. The van der Waals surface area contributed by atoms with Crippen molar-refractivity contribution in [3.63, 3.8) is 0 Å². The summed E-state index contributed by atoms with van der Waals surface area (Å²) in [6.45, 7) is 1.60. The molecule has 2 aromatic rings. The molecule has 3 rings (SSSR count). The number of nitrogens with one attached hydrogen (secondary N) is 2. The molecule has 1 aliphatic rings. The molecule has 0 radical (unpaired) electrons. The van der Waals surface area contributed by atoms with Crippen molar-refractivity contribution in [3.8, 4) is 0 Å². The van der Waals surface area contributed by atoms with E-state index in [1.807, 2.05) is 24.3 Å². The van der Waals surface area contributed by atoms with E-state index in [0.717, 1.165) is 11.1 Å². The molecule has 1 aromatic carbocycles. The quantitative estimate of drug-likeness (QED) is 0.790. The van der Waals surface area contributed by atoms with Gasteiger partial charge >= 0.3 is 0 Å². The summed E-state index contributed by atoms with van der Waals surface area (Å²) in [4.78, 5) is 24.2. The van der Waals surface area contributed by atoms with Gasteiger partial charge in [-0.3, -0.25) is 9.59 Å². The lowest BCUT2D eigenvalue weighted by Gasteiger charge is -2.21. The molecule has 6 heteroatoms. The lowest BCUT2D eigenvalue weighted by atomic mass is 10.1. The number of furan rings is 1. The maximum atomic E-state index is 12.3. The van der Waals surface area contributed by atoms with E-state index in [-0.39, 0.29) is 11.8 Å². The van der Waals surface area contributed by atoms with E-state index < -0.39 is 18.2 Å². The first-order valence-electron chi connectivity index (χ1n) is 7.45. The van der Waals surface area contributed by atoms with Gasteiger partial charge in [0.25, 0.3) is 5.91 Å². The number of carbonyl (C=O) groups excluding carboxylic acids is 2. The van der Waals surface area contributed by atoms with Crippen LogP contribution in [0.25, 0.3) is 0 Å². The average molecular weight is 314 g/mol. The molecule has 1 aliphatic carbocycles. The number of benzene rings is 1. The Morgan fingerprint density at radius 3 is 2.83 bits per heavy atom. The Morgan fingerprint density at radius 1 is 1.30 bits per heavy atom. The molecule has 0 spiro atoms. The summed E-state index contributed by atoms with van der Waals surface area (Å²) in [5.74, 6) is -0.726. The van der Waals surface area contributed by atoms with Crippen LogP contribution < -0.4 is 10.6 Å². The molecule has 3 atom stereocenters. The van der Waals surface area contributed by atoms with Gasteiger partial charge in [0, 0.05) is 6.42 Å². The van der Waals surface area contributed by atoms with Gasteiger partial charge in [0.1, 0.15) is 12.3 Å². The second-order valence-corrected chi connectivity index (χ2v) is 5.66. The molecule has 0 saturated heterocycles. The maximum absolute atomic E-state index is 12.3. The molecular formula is C17H18N2O4. The number of aliphatic hydroxyl groups excluding tert-OH is 1. The molecule has 120 valence electrons. The molecule has 1 heterocycles. The zero-order valence-electron chi connectivity index (χ0n) is 12.7. The number of hydrogen-bond acceptors (Lipinski definition) is 4. The topological polar surface area (TPSA) is 91.6 Å². The largest absolute Gasteiger partial charge is 0.472 e. The fourth-order valence-electron chi connectivity index (χ4n) is 2.77. The van der Waals surface area contributed by atoms with Crippen LogP contribution in [-0.4, -0.2) is 29.1 Å². The van der Waals surface area contributed by atoms with Gasteiger partial charge in [-0.15, -0.1) is 0 Å². The first kappa shape index (κ1) is 15.3. The molecule has 3 unspecified atom stereocenters. The SMILES string of the molecule is CC(NC(=O)c1ccoc1)C(=O)NC1c2ccccc2CC1O. The van der Waals surface area contributed by atoms with Crippen molar-refractivity contribution in [2.45, 2.75) is 31.5 Å². The van der Waals surface area contributed by atoms with Crippen LogP contribution in [-0.2, 0) is 11.2 Å². The third-order valence-electron chi connectivity index (χ3n) is 4.03. The van der Waals surface area contributed by atoms with Gasteiger partial charge in [-0.1, -0.05) is 24.3 Å². The standard InChI is InChI=1S/C17H18N2O4/c1-10(18-17(22)12-6-7-23-9-12)16(21)19-15-13-5-3-2-4-11(13)8-14(15)20/h2-7,9-10,14-15,20H,8H2,1H3,(H,18,22)(H,19,21). The highest BCUT2D eigenvalue weighted by molar-refractivity contribution is 5.97. The van der Waals surface area contributed by atoms with E-state index in [1.54, 1.807) is 6.92 Å². The highest BCUT2D eigenvalue weighted by Gasteiger charge is 2.33. The van der Waals surface area contributed by atoms with Crippen LogP contribution in [0, 0.1) is 0 Å². The summed E-state index contributed by atoms with van der Waals surface area (Å²) in [7, 11) is 0. The fraction of sp³-hybridized carbons (Fsp3) is 0.294. The van der Waals surface area contributed by atoms with Crippen LogP contribution in [0.3, 0.4) is 0 Å². The zero-order chi connectivity index (χ0) is 16.4. The Balaban J connectivity index is 1.64. The van der Waals surface area contributed by atoms with Gasteiger partial charge in [-0.2, -0.15) is 0 Å². The number of carbonyl (C=O) groups is 2. The van der Waals surface area contributed by atoms with Crippen LogP contribution in [0.4, 0.5) is 0 Å². The Kier molecular flexibility index (Phi) is 4.16. The van der Waals surface area contributed by atoms with Crippen LogP contribution >= 0.6 is 0 Å². The minimum absolute atomic E-state index is 0.345. The summed E-state index contributed by atoms with van der Waals surface area (Å²) in [6, 6.07) is 7.96. The van der Waals surface area contributed by atoms with Gasteiger partial charge in [-0.05, 0) is 24.1 Å². The van der Waals surface area contributed by atoms with Crippen LogP contribution in [0.15, 0.2) is 47.3 Å². The van der Waals surface area contributed by atoms with Crippen molar-refractivity contribution in [1.82, 2.24) is 10.6 Å². The third-order valence-corrected chi connectivity index (χ3v) is 4.03. The first-order valence-corrected chi connectivity index (χ1v) is 7.45. The van der Waals surface area contributed by atoms with Gasteiger partial charge < -0.3 is 20.2 Å².